The van der Waals surface area contributed by atoms with E-state index in [1.165, 1.54) is 0 Å². The molecule has 1 unspecified atom stereocenters. The lowest BCUT2D eigenvalue weighted by molar-refractivity contribution is -0.157. The van der Waals surface area contributed by atoms with E-state index in [0.29, 0.717) is 25.7 Å². The number of nitrogens with zero attached hydrogens (tertiary/aromatic N) is 1. The Balaban J connectivity index is 2.11. The fourth-order valence-electron chi connectivity index (χ4n) is 2.34. The van der Waals surface area contributed by atoms with Crippen molar-refractivity contribution in [3.63, 3.8) is 0 Å². The summed E-state index contributed by atoms with van der Waals surface area (Å²) >= 11 is 0. The third kappa shape index (κ3) is 2.20. The van der Waals surface area contributed by atoms with Gasteiger partial charge in [0.15, 0.2) is 0 Å². The normalized spacial score (nSPS) is 26.4. The molecule has 104 valence electrons. The van der Waals surface area contributed by atoms with Crippen LogP contribution in [0.3, 0.4) is 0 Å². The second-order valence-electron chi connectivity index (χ2n) is 5.03. The van der Waals surface area contributed by atoms with E-state index in [1.54, 1.807) is 0 Å². The molecule has 1 aliphatic heterocycles. The summed E-state index contributed by atoms with van der Waals surface area (Å²) in [6.45, 7) is 0.649. The predicted molar refractivity (Wildman–Crippen MR) is 56.5 cm³/mol. The van der Waals surface area contributed by atoms with E-state index in [4.69, 9.17) is 0 Å². The van der Waals surface area contributed by atoms with Gasteiger partial charge in [0.25, 0.3) is 0 Å². The van der Waals surface area contributed by atoms with E-state index in [2.05, 4.69) is 5.32 Å². The molecule has 1 N–H and O–H groups in total. The molecule has 0 bridgehead atoms. The van der Waals surface area contributed by atoms with Crippen LogP contribution in [0.5, 0.6) is 0 Å². The van der Waals surface area contributed by atoms with Crippen LogP contribution in [0.2, 0.25) is 0 Å². The zero-order valence-corrected chi connectivity index (χ0v) is 10.1. The highest BCUT2D eigenvalue weighted by atomic mass is 19.3. The first-order valence-corrected chi connectivity index (χ1v) is 6.07. The second-order valence-corrected chi connectivity index (χ2v) is 5.03. The topological polar surface area (TPSA) is 32.3 Å². The Morgan fingerprint density at radius 3 is 2.56 bits per heavy atom. The van der Waals surface area contributed by atoms with Gasteiger partial charge in [-0.05, 0) is 19.3 Å². The van der Waals surface area contributed by atoms with E-state index in [0.717, 1.165) is 4.90 Å². The van der Waals surface area contributed by atoms with Crippen LogP contribution in [0.15, 0.2) is 0 Å². The van der Waals surface area contributed by atoms with Crippen LogP contribution in [-0.4, -0.2) is 41.4 Å². The molecule has 3 nitrogen and oxygen atoms in total. The smallest absolute Gasteiger partial charge is 0.319 e. The molecule has 2 fully saturated rings. The molecule has 1 atom stereocenters. The van der Waals surface area contributed by atoms with Crippen LogP contribution >= 0.6 is 0 Å². The summed E-state index contributed by atoms with van der Waals surface area (Å²) in [5.74, 6) is -4.61. The first-order valence-electron chi connectivity index (χ1n) is 6.07. The van der Waals surface area contributed by atoms with Crippen molar-refractivity contribution < 1.29 is 22.4 Å². The van der Waals surface area contributed by atoms with Crippen molar-refractivity contribution in [1.82, 2.24) is 10.2 Å². The second kappa shape index (κ2) is 4.36. The van der Waals surface area contributed by atoms with Crippen LogP contribution in [0.4, 0.5) is 17.6 Å². The van der Waals surface area contributed by atoms with Gasteiger partial charge in [-0.2, -0.15) is 8.78 Å². The molecule has 1 spiro atoms. The summed E-state index contributed by atoms with van der Waals surface area (Å²) < 4.78 is 50.6. The highest BCUT2D eigenvalue weighted by Gasteiger charge is 2.60. The molecule has 1 saturated heterocycles. The highest BCUT2D eigenvalue weighted by molar-refractivity contribution is 5.91. The van der Waals surface area contributed by atoms with Gasteiger partial charge in [-0.15, -0.1) is 0 Å². The molecule has 0 aromatic rings. The number of nitrogens with one attached hydrogen (secondary N) is 1. The van der Waals surface area contributed by atoms with E-state index in [9.17, 15) is 22.4 Å². The maximum atomic E-state index is 13.1. The summed E-state index contributed by atoms with van der Waals surface area (Å²) in [5, 5.41) is 3.00. The van der Waals surface area contributed by atoms with Crippen molar-refractivity contribution in [2.24, 2.45) is 0 Å². The number of hydrogen-bond donors (Lipinski definition) is 1. The molecule has 1 aliphatic carbocycles. The zero-order chi connectivity index (χ0) is 13.6. The van der Waals surface area contributed by atoms with E-state index in [-0.39, 0.29) is 0 Å². The monoisotopic (exact) mass is 268 g/mol. The Kier molecular flexibility index (Phi) is 3.29. The number of halogens is 4. The van der Waals surface area contributed by atoms with E-state index in [1.807, 2.05) is 6.92 Å². The molecular weight excluding hydrogens is 252 g/mol. The number of carbonyl (C=O) groups is 1. The predicted octanol–water partition coefficient (Wildman–Crippen LogP) is 1.98. The lowest BCUT2D eigenvalue weighted by Crippen LogP contribution is -2.47. The van der Waals surface area contributed by atoms with Crippen LogP contribution in [-0.2, 0) is 4.79 Å². The minimum absolute atomic E-state index is 0.457. The van der Waals surface area contributed by atoms with Crippen molar-refractivity contribution in [1.29, 1.82) is 0 Å². The summed E-state index contributed by atoms with van der Waals surface area (Å²) in [4.78, 5) is 12.9. The lowest BCUT2D eigenvalue weighted by Gasteiger charge is -2.27. The molecule has 0 radical (unpaired) electrons. The van der Waals surface area contributed by atoms with Crippen molar-refractivity contribution in [3.05, 3.63) is 0 Å². The minimum atomic E-state index is -4.15. The number of hydrogen-bond acceptors (Lipinski definition) is 2. The Hall–Kier alpha value is -0.850. The Labute approximate surface area is 103 Å². The van der Waals surface area contributed by atoms with E-state index < -0.39 is 36.5 Å². The molecule has 2 rings (SSSR count). The Morgan fingerprint density at radius 1 is 1.50 bits per heavy atom. The van der Waals surface area contributed by atoms with Gasteiger partial charge in [-0.1, -0.05) is 13.3 Å². The zero-order valence-electron chi connectivity index (χ0n) is 10.1. The minimum Gasteiger partial charge on any atom is -0.319 e. The standard InChI is InChI=1S/C11H16F4N2O/c1-2-3-7-16-10(4-5-10)9(18)17(7)6-11(14,15)8(12)13/h7-8,16H,2-6H2,1H3. The molecule has 0 aromatic heterocycles. The Bertz CT molecular complexity index is 344. The molecule has 18 heavy (non-hydrogen) atoms. The van der Waals surface area contributed by atoms with Gasteiger partial charge in [-0.3, -0.25) is 10.1 Å². The average molecular weight is 268 g/mol. The van der Waals surface area contributed by atoms with Crippen LogP contribution in [0.1, 0.15) is 32.6 Å². The van der Waals surface area contributed by atoms with Gasteiger partial charge in [0.2, 0.25) is 5.91 Å². The Morgan fingerprint density at radius 2 is 2.11 bits per heavy atom. The van der Waals surface area contributed by atoms with E-state index >= 15 is 0 Å². The summed E-state index contributed by atoms with van der Waals surface area (Å²) in [7, 11) is 0. The fourth-order valence-corrected chi connectivity index (χ4v) is 2.34. The quantitative estimate of drug-likeness (QED) is 0.773. The maximum Gasteiger partial charge on any atom is 0.324 e. The fraction of sp³-hybridized carbons (Fsp3) is 0.909. The number of carbonyl (C=O) groups excluding carboxylic acids is 1. The largest absolute Gasteiger partial charge is 0.324 e. The highest BCUT2D eigenvalue weighted by Crippen LogP contribution is 2.43. The number of amides is 1. The third-order valence-electron chi connectivity index (χ3n) is 3.50. The van der Waals surface area contributed by atoms with Gasteiger partial charge >= 0.3 is 12.3 Å². The molecule has 0 aromatic carbocycles. The van der Waals surface area contributed by atoms with Crippen molar-refractivity contribution in [2.45, 2.75) is 56.7 Å². The summed E-state index contributed by atoms with van der Waals surface area (Å²) in [6, 6.07) is 0. The van der Waals surface area contributed by atoms with Crippen molar-refractivity contribution >= 4 is 5.91 Å². The van der Waals surface area contributed by atoms with Gasteiger partial charge in [-0.25, -0.2) is 8.78 Å². The summed E-state index contributed by atoms with van der Waals surface area (Å²) in [6.07, 6.45) is -1.91. The molecule has 1 saturated carbocycles. The first-order chi connectivity index (χ1) is 8.32. The van der Waals surface area contributed by atoms with Crippen LogP contribution < -0.4 is 5.32 Å². The van der Waals surface area contributed by atoms with Crippen molar-refractivity contribution in [3.8, 4) is 0 Å². The average Bonchev–Trinajstić information content (AvgIpc) is 3.01. The van der Waals surface area contributed by atoms with Crippen LogP contribution in [0.25, 0.3) is 0 Å². The molecule has 7 heteroatoms. The summed E-state index contributed by atoms with van der Waals surface area (Å²) in [5.41, 5.74) is -0.738. The van der Waals surface area contributed by atoms with Crippen molar-refractivity contribution in [2.75, 3.05) is 6.54 Å². The lowest BCUT2D eigenvalue weighted by atomic mass is 10.2. The molecule has 1 amide bonds. The van der Waals surface area contributed by atoms with Crippen LogP contribution in [0, 0.1) is 0 Å². The maximum absolute atomic E-state index is 13.1. The molecular formula is C11H16F4N2O. The SMILES string of the molecule is CCCC1NC2(CC2)C(=O)N1CC(F)(F)C(F)F. The number of rotatable bonds is 5. The van der Waals surface area contributed by atoms with Gasteiger partial charge < -0.3 is 4.90 Å². The third-order valence-corrected chi connectivity index (χ3v) is 3.50. The first kappa shape index (κ1) is 13.6. The molecule has 1 heterocycles. The van der Waals surface area contributed by atoms with Gasteiger partial charge in [0.05, 0.1) is 18.2 Å². The van der Waals surface area contributed by atoms with Gasteiger partial charge in [0, 0.05) is 0 Å². The molecule has 2 aliphatic rings. The van der Waals surface area contributed by atoms with Gasteiger partial charge in [0.1, 0.15) is 0 Å². The number of alkyl halides is 4.